The first-order chi connectivity index (χ1) is 9.83. The largest absolute Gasteiger partial charge is 0.300 e. The average Bonchev–Trinajstić information content (AvgIpc) is 2.91. The molecule has 0 saturated carbocycles. The third-order valence-corrected chi connectivity index (χ3v) is 4.38. The van der Waals surface area contributed by atoms with E-state index in [2.05, 4.69) is 67.5 Å². The second kappa shape index (κ2) is 4.56. The van der Waals surface area contributed by atoms with Crippen LogP contribution >= 0.6 is 22.6 Å². The zero-order valence-corrected chi connectivity index (χ0v) is 12.7. The van der Waals surface area contributed by atoms with E-state index in [0.29, 0.717) is 0 Å². The van der Waals surface area contributed by atoms with Crippen molar-refractivity contribution in [3.05, 3.63) is 64.8 Å². The maximum Gasteiger partial charge on any atom is 0.137 e. The van der Waals surface area contributed by atoms with E-state index in [4.69, 9.17) is 0 Å². The van der Waals surface area contributed by atoms with E-state index in [0.717, 1.165) is 16.7 Å². The lowest BCUT2D eigenvalue weighted by Gasteiger charge is -2.07. The normalized spacial score (nSPS) is 11.2. The molecule has 0 N–H and O–H groups in total. The van der Waals surface area contributed by atoms with E-state index in [1.54, 1.807) is 0 Å². The number of rotatable bonds is 1. The van der Waals surface area contributed by atoms with Gasteiger partial charge in [-0.25, -0.2) is 4.98 Å². The van der Waals surface area contributed by atoms with Gasteiger partial charge in [-0.1, -0.05) is 12.1 Å². The van der Waals surface area contributed by atoms with Gasteiger partial charge in [-0.3, -0.25) is 9.55 Å². The third-order valence-electron chi connectivity index (χ3n) is 3.44. The van der Waals surface area contributed by atoms with Gasteiger partial charge in [0.1, 0.15) is 5.82 Å². The van der Waals surface area contributed by atoms with Gasteiger partial charge in [0.25, 0.3) is 0 Å². The molecule has 0 saturated heterocycles. The molecule has 1 aromatic carbocycles. The molecule has 0 unspecified atom stereocenters. The summed E-state index contributed by atoms with van der Waals surface area (Å²) in [5, 5.41) is 3.56. The first kappa shape index (κ1) is 11.8. The Morgan fingerprint density at radius 2 is 1.95 bits per heavy atom. The van der Waals surface area contributed by atoms with Gasteiger partial charge in [-0.05, 0) is 46.9 Å². The van der Waals surface area contributed by atoms with Gasteiger partial charge in [0.15, 0.2) is 0 Å². The molecule has 4 heteroatoms. The molecule has 0 spiro atoms. The van der Waals surface area contributed by atoms with Gasteiger partial charge in [0.05, 0.1) is 11.7 Å². The zero-order chi connectivity index (χ0) is 13.5. The first-order valence-electron chi connectivity index (χ1n) is 6.29. The smallest absolute Gasteiger partial charge is 0.137 e. The van der Waals surface area contributed by atoms with E-state index in [-0.39, 0.29) is 0 Å². The van der Waals surface area contributed by atoms with Crippen molar-refractivity contribution in [2.24, 2.45) is 0 Å². The molecule has 0 amide bonds. The maximum atomic E-state index is 4.57. The lowest BCUT2D eigenvalue weighted by atomic mass is 10.2. The Morgan fingerprint density at radius 3 is 2.90 bits per heavy atom. The Balaban J connectivity index is 2.00. The summed E-state index contributed by atoms with van der Waals surface area (Å²) in [6.45, 7) is 0. The maximum absolute atomic E-state index is 4.57. The summed E-state index contributed by atoms with van der Waals surface area (Å²) in [7, 11) is 0. The molecule has 3 heterocycles. The molecule has 0 atom stereocenters. The molecule has 3 nitrogen and oxygen atoms in total. The average molecular weight is 371 g/mol. The Hall–Kier alpha value is -1.95. The van der Waals surface area contributed by atoms with E-state index in [1.807, 2.05) is 30.9 Å². The fraction of sp³-hybridized carbons (Fsp3) is 0. The highest BCUT2D eigenvalue weighted by atomic mass is 127. The Kier molecular flexibility index (Phi) is 2.70. The number of pyridine rings is 2. The minimum Gasteiger partial charge on any atom is -0.300 e. The van der Waals surface area contributed by atoms with E-state index in [9.17, 15) is 0 Å². The summed E-state index contributed by atoms with van der Waals surface area (Å²) in [5.41, 5.74) is 1.07. The predicted molar refractivity (Wildman–Crippen MR) is 89.1 cm³/mol. The molecule has 96 valence electrons. The molecule has 0 bridgehead atoms. The predicted octanol–water partition coefficient (Wildman–Crippen LogP) is 4.18. The molecule has 4 rings (SSSR count). The van der Waals surface area contributed by atoms with Gasteiger partial charge in [0.2, 0.25) is 0 Å². The molecule has 0 fully saturated rings. The molecule has 0 aliphatic rings. The van der Waals surface area contributed by atoms with Gasteiger partial charge in [-0.15, -0.1) is 0 Å². The highest BCUT2D eigenvalue weighted by Crippen LogP contribution is 2.24. The highest BCUT2D eigenvalue weighted by molar-refractivity contribution is 14.1. The minimum atomic E-state index is 0.921. The van der Waals surface area contributed by atoms with Crippen LogP contribution in [0.1, 0.15) is 0 Å². The second-order valence-electron chi connectivity index (χ2n) is 4.62. The van der Waals surface area contributed by atoms with Crippen LogP contribution in [0.4, 0.5) is 0 Å². The van der Waals surface area contributed by atoms with Gasteiger partial charge in [-0.2, -0.15) is 0 Å². The summed E-state index contributed by atoms with van der Waals surface area (Å²) < 4.78 is 3.31. The highest BCUT2D eigenvalue weighted by Gasteiger charge is 2.06. The van der Waals surface area contributed by atoms with Crippen molar-refractivity contribution in [1.29, 1.82) is 0 Å². The van der Waals surface area contributed by atoms with Crippen LogP contribution in [0.15, 0.2) is 61.2 Å². The summed E-state index contributed by atoms with van der Waals surface area (Å²) in [6.07, 6.45) is 7.64. The van der Waals surface area contributed by atoms with Gasteiger partial charge in [0, 0.05) is 38.3 Å². The van der Waals surface area contributed by atoms with Crippen LogP contribution in [-0.2, 0) is 0 Å². The second-order valence-corrected chi connectivity index (χ2v) is 5.79. The Labute approximate surface area is 129 Å². The van der Waals surface area contributed by atoms with Crippen molar-refractivity contribution in [2.75, 3.05) is 0 Å². The standard InChI is InChI=1S/C16H10IN3/c17-14-3-1-2-12-9-19-16(8-13(12)14)20-7-5-11-4-6-18-10-15(11)20/h1-10H. The van der Waals surface area contributed by atoms with Crippen LogP contribution in [0.5, 0.6) is 0 Å². The van der Waals surface area contributed by atoms with E-state index >= 15 is 0 Å². The number of halogens is 1. The van der Waals surface area contributed by atoms with Crippen molar-refractivity contribution < 1.29 is 0 Å². The molecular weight excluding hydrogens is 361 g/mol. The molecule has 0 aliphatic heterocycles. The number of hydrogen-bond donors (Lipinski definition) is 0. The van der Waals surface area contributed by atoms with Crippen LogP contribution in [-0.4, -0.2) is 14.5 Å². The van der Waals surface area contributed by atoms with Gasteiger partial charge < -0.3 is 0 Å². The quantitative estimate of drug-likeness (QED) is 0.470. The van der Waals surface area contributed by atoms with Crippen molar-refractivity contribution in [3.8, 4) is 5.82 Å². The lowest BCUT2D eigenvalue weighted by molar-refractivity contribution is 1.05. The van der Waals surface area contributed by atoms with Crippen LogP contribution in [0, 0.1) is 3.57 Å². The van der Waals surface area contributed by atoms with E-state index < -0.39 is 0 Å². The molecule has 20 heavy (non-hydrogen) atoms. The van der Waals surface area contributed by atoms with Crippen LogP contribution < -0.4 is 0 Å². The number of fused-ring (bicyclic) bond motifs is 2. The topological polar surface area (TPSA) is 30.7 Å². The van der Waals surface area contributed by atoms with Crippen molar-refractivity contribution in [3.63, 3.8) is 0 Å². The summed E-state index contributed by atoms with van der Waals surface area (Å²) in [6, 6.07) is 12.5. The first-order valence-corrected chi connectivity index (χ1v) is 7.36. The molecular formula is C16H10IN3. The summed E-state index contributed by atoms with van der Waals surface area (Å²) >= 11 is 2.36. The summed E-state index contributed by atoms with van der Waals surface area (Å²) in [4.78, 5) is 8.77. The SMILES string of the molecule is Ic1cccc2cnc(-n3ccc4ccncc43)cc12. The van der Waals surface area contributed by atoms with Crippen molar-refractivity contribution in [2.45, 2.75) is 0 Å². The van der Waals surface area contributed by atoms with Crippen molar-refractivity contribution >= 4 is 44.3 Å². The zero-order valence-electron chi connectivity index (χ0n) is 10.5. The van der Waals surface area contributed by atoms with Crippen LogP contribution in [0.3, 0.4) is 0 Å². The molecule has 0 radical (unpaired) electrons. The number of aromatic nitrogens is 3. The molecule has 4 aromatic rings. The fourth-order valence-electron chi connectivity index (χ4n) is 2.43. The van der Waals surface area contributed by atoms with Crippen LogP contribution in [0.25, 0.3) is 27.5 Å². The van der Waals surface area contributed by atoms with Crippen molar-refractivity contribution in [1.82, 2.24) is 14.5 Å². The number of hydrogen-bond acceptors (Lipinski definition) is 2. The molecule has 0 aliphatic carbocycles. The fourth-order valence-corrected chi connectivity index (χ4v) is 3.10. The number of nitrogens with zero attached hydrogens (tertiary/aromatic N) is 3. The Morgan fingerprint density at radius 1 is 1.00 bits per heavy atom. The summed E-state index contributed by atoms with van der Waals surface area (Å²) in [5.74, 6) is 0.921. The molecule has 3 aromatic heterocycles. The van der Waals surface area contributed by atoms with Gasteiger partial charge >= 0.3 is 0 Å². The van der Waals surface area contributed by atoms with Crippen LogP contribution in [0.2, 0.25) is 0 Å². The minimum absolute atomic E-state index is 0.921. The monoisotopic (exact) mass is 371 g/mol. The third kappa shape index (κ3) is 1.79. The number of benzene rings is 1. The van der Waals surface area contributed by atoms with E-state index in [1.165, 1.54) is 14.3 Å². The lowest BCUT2D eigenvalue weighted by Crippen LogP contribution is -1.96. The Bertz CT molecular complexity index is 927.